The summed E-state index contributed by atoms with van der Waals surface area (Å²) < 4.78 is 37.8. The van der Waals surface area contributed by atoms with Crippen molar-refractivity contribution >= 4 is 22.3 Å². The number of hydrogen-bond acceptors (Lipinski definition) is 2. The van der Waals surface area contributed by atoms with Crippen LogP contribution in [0.25, 0.3) is 10.9 Å². The molecular formula is C17H12F3N3. The quantitative estimate of drug-likeness (QED) is 0.690. The monoisotopic (exact) mass is 315 g/mol. The highest BCUT2D eigenvalue weighted by Gasteiger charge is 2.29. The first kappa shape index (κ1) is 15.0. The summed E-state index contributed by atoms with van der Waals surface area (Å²) in [4.78, 5) is 3.12. The van der Waals surface area contributed by atoms with Crippen LogP contribution in [0.5, 0.6) is 0 Å². The summed E-state index contributed by atoms with van der Waals surface area (Å²) in [5, 5.41) is 13.0. The summed E-state index contributed by atoms with van der Waals surface area (Å²) in [6, 6.07) is 12.2. The Morgan fingerprint density at radius 2 is 1.78 bits per heavy atom. The number of nitrogens with zero attached hydrogens (tertiary/aromatic N) is 1. The Bertz CT molecular complexity index is 900. The second-order valence-corrected chi connectivity index (χ2v) is 5.21. The molecule has 0 bridgehead atoms. The number of benzene rings is 2. The van der Waals surface area contributed by atoms with Crippen LogP contribution in [0.3, 0.4) is 0 Å². The number of aromatic nitrogens is 1. The number of nitrogens with one attached hydrogen (secondary N) is 2. The van der Waals surface area contributed by atoms with Gasteiger partial charge in [-0.1, -0.05) is 0 Å². The van der Waals surface area contributed by atoms with Crippen molar-refractivity contribution in [1.82, 2.24) is 4.98 Å². The summed E-state index contributed by atoms with van der Waals surface area (Å²) >= 11 is 0. The minimum atomic E-state index is -4.35. The number of hydrogen-bond donors (Lipinski definition) is 2. The molecule has 3 rings (SSSR count). The predicted molar refractivity (Wildman–Crippen MR) is 82.5 cm³/mol. The maximum Gasteiger partial charge on any atom is 0.416 e. The molecule has 0 saturated carbocycles. The molecule has 0 aliphatic carbocycles. The lowest BCUT2D eigenvalue weighted by Gasteiger charge is -2.10. The largest absolute Gasteiger partial charge is 0.416 e. The molecule has 3 nitrogen and oxygen atoms in total. The van der Waals surface area contributed by atoms with Crippen LogP contribution in [0.15, 0.2) is 42.5 Å². The zero-order chi connectivity index (χ0) is 16.6. The molecule has 0 radical (unpaired) electrons. The van der Waals surface area contributed by atoms with E-state index in [2.05, 4.69) is 16.4 Å². The van der Waals surface area contributed by atoms with E-state index >= 15 is 0 Å². The van der Waals surface area contributed by atoms with Crippen LogP contribution in [-0.2, 0) is 6.18 Å². The number of H-pyrrole nitrogens is 1. The first-order valence-electron chi connectivity index (χ1n) is 6.85. The number of anilines is 2. The molecule has 1 aromatic heterocycles. The average molecular weight is 315 g/mol. The third-order valence-electron chi connectivity index (χ3n) is 3.54. The van der Waals surface area contributed by atoms with Crippen molar-refractivity contribution in [3.63, 3.8) is 0 Å². The van der Waals surface area contributed by atoms with Crippen molar-refractivity contribution in [2.75, 3.05) is 5.32 Å². The highest BCUT2D eigenvalue weighted by atomic mass is 19.4. The second-order valence-electron chi connectivity index (χ2n) is 5.21. The van der Waals surface area contributed by atoms with Crippen molar-refractivity contribution in [3.05, 3.63) is 59.3 Å². The zero-order valence-electron chi connectivity index (χ0n) is 12.1. The van der Waals surface area contributed by atoms with Gasteiger partial charge in [-0.2, -0.15) is 18.4 Å². The Morgan fingerprint density at radius 1 is 1.09 bits per heavy atom. The van der Waals surface area contributed by atoms with E-state index in [1.807, 2.05) is 13.0 Å². The molecule has 116 valence electrons. The Morgan fingerprint density at radius 3 is 2.39 bits per heavy atom. The van der Waals surface area contributed by atoms with E-state index in [1.54, 1.807) is 12.1 Å². The van der Waals surface area contributed by atoms with Gasteiger partial charge in [-0.25, -0.2) is 0 Å². The first-order chi connectivity index (χ1) is 10.9. The van der Waals surface area contributed by atoms with Gasteiger partial charge in [0, 0.05) is 22.5 Å². The Kier molecular flexibility index (Phi) is 3.49. The van der Waals surface area contributed by atoms with Gasteiger partial charge < -0.3 is 10.3 Å². The maximum absolute atomic E-state index is 12.6. The van der Waals surface area contributed by atoms with Crippen molar-refractivity contribution in [1.29, 1.82) is 5.26 Å². The van der Waals surface area contributed by atoms with E-state index in [4.69, 9.17) is 5.26 Å². The van der Waals surface area contributed by atoms with Crippen molar-refractivity contribution in [2.24, 2.45) is 0 Å². The summed E-state index contributed by atoms with van der Waals surface area (Å²) in [5.74, 6) is 0. The van der Waals surface area contributed by atoms with Crippen LogP contribution < -0.4 is 5.32 Å². The van der Waals surface area contributed by atoms with Gasteiger partial charge in [0.2, 0.25) is 0 Å². The van der Waals surface area contributed by atoms with Crippen LogP contribution in [0.4, 0.5) is 24.5 Å². The molecule has 1 heterocycles. The summed E-state index contributed by atoms with van der Waals surface area (Å²) in [6.45, 7) is 1.88. The fraction of sp³-hybridized carbons (Fsp3) is 0.118. The molecule has 3 aromatic rings. The minimum Gasteiger partial charge on any atom is -0.358 e. The van der Waals surface area contributed by atoms with Crippen molar-refractivity contribution in [3.8, 4) is 6.07 Å². The molecule has 0 amide bonds. The number of fused-ring (bicyclic) bond motifs is 1. The molecule has 0 aliphatic rings. The lowest BCUT2D eigenvalue weighted by molar-refractivity contribution is -0.137. The minimum absolute atomic E-state index is 0.520. The van der Waals surface area contributed by atoms with E-state index in [1.165, 1.54) is 12.1 Å². The molecule has 0 unspecified atom stereocenters. The van der Waals surface area contributed by atoms with Crippen molar-refractivity contribution in [2.45, 2.75) is 13.1 Å². The molecular weight excluding hydrogens is 303 g/mol. The molecule has 0 atom stereocenters. The van der Waals surface area contributed by atoms with Crippen LogP contribution in [-0.4, -0.2) is 4.98 Å². The van der Waals surface area contributed by atoms with Gasteiger partial charge in [0.05, 0.1) is 16.6 Å². The van der Waals surface area contributed by atoms with Crippen LogP contribution >= 0.6 is 0 Å². The van der Waals surface area contributed by atoms with Gasteiger partial charge in [-0.3, -0.25) is 0 Å². The molecule has 2 N–H and O–H groups in total. The lowest BCUT2D eigenvalue weighted by atomic mass is 10.1. The van der Waals surface area contributed by atoms with E-state index in [-0.39, 0.29) is 0 Å². The Hall–Kier alpha value is -2.94. The van der Waals surface area contributed by atoms with Gasteiger partial charge in [0.25, 0.3) is 0 Å². The maximum atomic E-state index is 12.6. The summed E-state index contributed by atoms with van der Waals surface area (Å²) in [5.41, 5.74) is 2.71. The van der Waals surface area contributed by atoms with Gasteiger partial charge in [0.1, 0.15) is 6.07 Å². The molecule has 2 aromatic carbocycles. The SMILES string of the molecule is Cc1cc2c(Nc3ccc(C(F)(F)F)cc3)ccc(C#N)c2[nH]1. The summed E-state index contributed by atoms with van der Waals surface area (Å²) in [7, 11) is 0. The van der Waals surface area contributed by atoms with Crippen LogP contribution in [0.1, 0.15) is 16.8 Å². The fourth-order valence-electron chi connectivity index (χ4n) is 2.45. The van der Waals surface area contributed by atoms with Crippen LogP contribution in [0, 0.1) is 18.3 Å². The topological polar surface area (TPSA) is 51.6 Å². The summed E-state index contributed by atoms with van der Waals surface area (Å²) in [6.07, 6.45) is -4.35. The number of aromatic amines is 1. The van der Waals surface area contributed by atoms with E-state index in [9.17, 15) is 13.2 Å². The van der Waals surface area contributed by atoms with Crippen molar-refractivity contribution < 1.29 is 13.2 Å². The number of aryl methyl sites for hydroxylation is 1. The molecule has 0 aliphatic heterocycles. The van der Waals surface area contributed by atoms with E-state index < -0.39 is 11.7 Å². The standard InChI is InChI=1S/C17H12F3N3/c1-10-8-14-15(7-2-11(9-21)16(14)22-10)23-13-5-3-12(4-6-13)17(18,19)20/h2-8,22-23H,1H3. The molecule has 0 saturated heterocycles. The molecule has 0 fully saturated rings. The highest BCUT2D eigenvalue weighted by molar-refractivity contribution is 5.97. The average Bonchev–Trinajstić information content (AvgIpc) is 2.89. The van der Waals surface area contributed by atoms with Gasteiger partial charge >= 0.3 is 6.18 Å². The second kappa shape index (κ2) is 5.36. The number of alkyl halides is 3. The van der Waals surface area contributed by atoms with Gasteiger partial charge in [-0.15, -0.1) is 0 Å². The van der Waals surface area contributed by atoms with Gasteiger partial charge in [0.15, 0.2) is 0 Å². The third-order valence-corrected chi connectivity index (χ3v) is 3.54. The fourth-order valence-corrected chi connectivity index (χ4v) is 2.45. The lowest BCUT2D eigenvalue weighted by Crippen LogP contribution is -2.04. The predicted octanol–water partition coefficient (Wildman–Crippen LogP) is 5.11. The first-order valence-corrected chi connectivity index (χ1v) is 6.85. The number of nitriles is 1. The van der Waals surface area contributed by atoms with Gasteiger partial charge in [-0.05, 0) is 49.4 Å². The van der Waals surface area contributed by atoms with Crippen LogP contribution in [0.2, 0.25) is 0 Å². The van der Waals surface area contributed by atoms with E-state index in [0.29, 0.717) is 16.8 Å². The molecule has 0 spiro atoms. The normalized spacial score (nSPS) is 11.4. The zero-order valence-corrected chi connectivity index (χ0v) is 12.1. The Labute approximate surface area is 130 Å². The third kappa shape index (κ3) is 2.86. The number of halogens is 3. The molecule has 23 heavy (non-hydrogen) atoms. The Balaban J connectivity index is 1.98. The molecule has 6 heteroatoms. The highest BCUT2D eigenvalue weighted by Crippen LogP contribution is 2.32. The smallest absolute Gasteiger partial charge is 0.358 e. The number of rotatable bonds is 2. The van der Waals surface area contributed by atoms with E-state index in [0.717, 1.165) is 28.9 Å².